The number of anilines is 1. The number of hydrogen-bond donors (Lipinski definition) is 2. The van der Waals surface area contributed by atoms with E-state index in [1.165, 1.54) is 0 Å². The van der Waals surface area contributed by atoms with E-state index in [-0.39, 0.29) is 12.5 Å². The van der Waals surface area contributed by atoms with Crippen LogP contribution in [0.5, 0.6) is 0 Å². The normalized spacial score (nSPS) is 9.67. The minimum atomic E-state index is -0.309. The van der Waals surface area contributed by atoms with Gasteiger partial charge in [0.25, 0.3) is 5.91 Å². The van der Waals surface area contributed by atoms with Crippen LogP contribution in [0, 0.1) is 18.8 Å². The van der Waals surface area contributed by atoms with Crippen molar-refractivity contribution in [3.05, 3.63) is 58.4 Å². The SMILES string of the molecule is Cc1cccc(C(=O)Nc2cc(Cl)ccc2C#CCN)n1. The highest BCUT2D eigenvalue weighted by Crippen LogP contribution is 2.21. The number of carbonyl (C=O) groups is 1. The van der Waals surface area contributed by atoms with Crippen molar-refractivity contribution >= 4 is 23.2 Å². The van der Waals surface area contributed by atoms with Crippen LogP contribution in [0.3, 0.4) is 0 Å². The molecule has 1 amide bonds. The van der Waals surface area contributed by atoms with Crippen LogP contribution in [0.25, 0.3) is 0 Å². The number of nitrogens with two attached hydrogens (primary N) is 1. The number of nitrogens with zero attached hydrogens (tertiary/aromatic N) is 1. The molecule has 0 spiro atoms. The number of aromatic nitrogens is 1. The van der Waals surface area contributed by atoms with Crippen molar-refractivity contribution < 1.29 is 4.79 Å². The predicted octanol–water partition coefficient (Wildman–Crippen LogP) is 2.61. The maximum Gasteiger partial charge on any atom is 0.274 e. The van der Waals surface area contributed by atoms with Gasteiger partial charge < -0.3 is 11.1 Å². The fraction of sp³-hybridized carbons (Fsp3) is 0.125. The van der Waals surface area contributed by atoms with E-state index >= 15 is 0 Å². The molecule has 4 nitrogen and oxygen atoms in total. The van der Waals surface area contributed by atoms with E-state index in [2.05, 4.69) is 22.1 Å². The van der Waals surface area contributed by atoms with Crippen molar-refractivity contribution in [2.45, 2.75) is 6.92 Å². The Balaban J connectivity index is 2.30. The lowest BCUT2D eigenvalue weighted by atomic mass is 10.1. The van der Waals surface area contributed by atoms with Crippen LogP contribution in [0.1, 0.15) is 21.7 Å². The van der Waals surface area contributed by atoms with Crippen LogP contribution in [-0.2, 0) is 0 Å². The van der Waals surface area contributed by atoms with E-state index in [1.54, 1.807) is 30.3 Å². The summed E-state index contributed by atoms with van der Waals surface area (Å²) in [6, 6.07) is 10.4. The molecule has 0 aliphatic heterocycles. The second-order valence-electron chi connectivity index (χ2n) is 4.31. The third-order valence-electron chi connectivity index (χ3n) is 2.68. The Morgan fingerprint density at radius 1 is 1.38 bits per heavy atom. The number of aryl methyl sites for hydroxylation is 1. The van der Waals surface area contributed by atoms with Crippen molar-refractivity contribution in [3.8, 4) is 11.8 Å². The van der Waals surface area contributed by atoms with E-state index in [1.807, 2.05) is 13.0 Å². The van der Waals surface area contributed by atoms with Crippen LogP contribution in [0.4, 0.5) is 5.69 Å². The van der Waals surface area contributed by atoms with Gasteiger partial charge in [0.2, 0.25) is 0 Å². The van der Waals surface area contributed by atoms with E-state index in [4.69, 9.17) is 17.3 Å². The Bertz CT molecular complexity index is 732. The first kappa shape index (κ1) is 15.0. The Morgan fingerprint density at radius 2 is 2.19 bits per heavy atom. The zero-order valence-corrected chi connectivity index (χ0v) is 12.2. The molecular weight excluding hydrogens is 286 g/mol. The van der Waals surface area contributed by atoms with Gasteiger partial charge in [-0.1, -0.05) is 29.5 Å². The summed E-state index contributed by atoms with van der Waals surface area (Å²) in [6.07, 6.45) is 0. The van der Waals surface area contributed by atoms with Gasteiger partial charge in [0.1, 0.15) is 5.69 Å². The van der Waals surface area contributed by atoms with Gasteiger partial charge in [-0.2, -0.15) is 0 Å². The summed E-state index contributed by atoms with van der Waals surface area (Å²) in [5.41, 5.74) is 7.68. The van der Waals surface area contributed by atoms with Gasteiger partial charge in [-0.05, 0) is 37.3 Å². The summed E-state index contributed by atoms with van der Waals surface area (Å²) in [6.45, 7) is 2.07. The van der Waals surface area contributed by atoms with Gasteiger partial charge in [-0.15, -0.1) is 0 Å². The Labute approximate surface area is 128 Å². The highest BCUT2D eigenvalue weighted by Gasteiger charge is 2.10. The molecule has 0 radical (unpaired) electrons. The number of hydrogen-bond acceptors (Lipinski definition) is 3. The highest BCUT2D eigenvalue weighted by atomic mass is 35.5. The summed E-state index contributed by atoms with van der Waals surface area (Å²) in [4.78, 5) is 16.4. The summed E-state index contributed by atoms with van der Waals surface area (Å²) < 4.78 is 0. The Kier molecular flexibility index (Phi) is 4.94. The van der Waals surface area contributed by atoms with E-state index in [0.29, 0.717) is 22.0 Å². The van der Waals surface area contributed by atoms with Crippen molar-refractivity contribution in [1.82, 2.24) is 4.98 Å². The number of amides is 1. The molecule has 0 bridgehead atoms. The lowest BCUT2D eigenvalue weighted by Crippen LogP contribution is -2.14. The number of rotatable bonds is 2. The average Bonchev–Trinajstić information content (AvgIpc) is 2.46. The minimum absolute atomic E-state index is 0.245. The molecule has 2 aromatic rings. The molecule has 1 aromatic carbocycles. The second kappa shape index (κ2) is 6.89. The molecular formula is C16H14ClN3O. The Morgan fingerprint density at radius 3 is 2.90 bits per heavy atom. The zero-order valence-electron chi connectivity index (χ0n) is 11.5. The van der Waals surface area contributed by atoms with Gasteiger partial charge in [0.05, 0.1) is 12.2 Å². The fourth-order valence-corrected chi connectivity index (χ4v) is 1.90. The van der Waals surface area contributed by atoms with Crippen LogP contribution >= 0.6 is 11.6 Å². The highest BCUT2D eigenvalue weighted by molar-refractivity contribution is 6.31. The van der Waals surface area contributed by atoms with Gasteiger partial charge >= 0.3 is 0 Å². The summed E-state index contributed by atoms with van der Waals surface area (Å²) >= 11 is 5.97. The summed E-state index contributed by atoms with van der Waals surface area (Å²) in [5, 5.41) is 3.29. The monoisotopic (exact) mass is 299 g/mol. The largest absolute Gasteiger partial charge is 0.320 e. The number of halogens is 1. The second-order valence-corrected chi connectivity index (χ2v) is 4.75. The van der Waals surface area contributed by atoms with E-state index in [9.17, 15) is 4.79 Å². The van der Waals surface area contributed by atoms with Crippen molar-refractivity contribution in [2.24, 2.45) is 5.73 Å². The third kappa shape index (κ3) is 4.06. The first-order valence-corrected chi connectivity index (χ1v) is 6.71. The lowest BCUT2D eigenvalue weighted by Gasteiger charge is -2.08. The van der Waals surface area contributed by atoms with Gasteiger partial charge in [-0.3, -0.25) is 4.79 Å². The topological polar surface area (TPSA) is 68.0 Å². The molecule has 0 fully saturated rings. The molecule has 0 atom stereocenters. The van der Waals surface area contributed by atoms with E-state index < -0.39 is 0 Å². The maximum absolute atomic E-state index is 12.2. The molecule has 0 unspecified atom stereocenters. The van der Waals surface area contributed by atoms with Crippen LogP contribution in [0.2, 0.25) is 5.02 Å². The number of pyridine rings is 1. The molecule has 0 saturated heterocycles. The van der Waals surface area contributed by atoms with Crippen molar-refractivity contribution in [1.29, 1.82) is 0 Å². The zero-order chi connectivity index (χ0) is 15.2. The molecule has 0 aliphatic rings. The molecule has 2 rings (SSSR count). The predicted molar refractivity (Wildman–Crippen MR) is 84.3 cm³/mol. The molecule has 1 aromatic heterocycles. The molecule has 3 N–H and O–H groups in total. The van der Waals surface area contributed by atoms with Crippen molar-refractivity contribution in [2.75, 3.05) is 11.9 Å². The first-order valence-electron chi connectivity index (χ1n) is 6.33. The average molecular weight is 300 g/mol. The molecule has 5 heteroatoms. The summed E-state index contributed by atoms with van der Waals surface area (Å²) in [5.74, 6) is 5.35. The van der Waals surface area contributed by atoms with Crippen LogP contribution in [0.15, 0.2) is 36.4 Å². The molecule has 21 heavy (non-hydrogen) atoms. The van der Waals surface area contributed by atoms with Crippen LogP contribution in [-0.4, -0.2) is 17.4 Å². The number of nitrogens with one attached hydrogen (secondary N) is 1. The standard InChI is InChI=1S/C16H14ClN3O/c1-11-4-2-6-14(19-11)16(21)20-15-10-13(17)8-7-12(15)5-3-9-18/h2,4,6-8,10H,9,18H2,1H3,(H,20,21). The number of carbonyl (C=O) groups excluding carboxylic acids is 1. The fourth-order valence-electron chi connectivity index (χ4n) is 1.73. The molecule has 0 aliphatic carbocycles. The molecule has 0 saturated carbocycles. The van der Waals surface area contributed by atoms with E-state index in [0.717, 1.165) is 5.69 Å². The maximum atomic E-state index is 12.2. The van der Waals surface area contributed by atoms with Crippen LogP contribution < -0.4 is 11.1 Å². The quantitative estimate of drug-likeness (QED) is 0.838. The molecule has 106 valence electrons. The van der Waals surface area contributed by atoms with Crippen molar-refractivity contribution in [3.63, 3.8) is 0 Å². The van der Waals surface area contributed by atoms with Gasteiger partial charge in [0.15, 0.2) is 0 Å². The van der Waals surface area contributed by atoms with Gasteiger partial charge in [-0.25, -0.2) is 4.98 Å². The smallest absolute Gasteiger partial charge is 0.274 e. The summed E-state index contributed by atoms with van der Waals surface area (Å²) in [7, 11) is 0. The number of benzene rings is 1. The minimum Gasteiger partial charge on any atom is -0.320 e. The lowest BCUT2D eigenvalue weighted by molar-refractivity contribution is 0.102. The Hall–Kier alpha value is -2.35. The third-order valence-corrected chi connectivity index (χ3v) is 2.91. The van der Waals surface area contributed by atoms with Gasteiger partial charge in [0, 0.05) is 16.3 Å². The molecule has 1 heterocycles. The first-order chi connectivity index (χ1) is 10.1.